The van der Waals surface area contributed by atoms with Gasteiger partial charge < -0.3 is 10.6 Å². The monoisotopic (exact) mass is 383 g/mol. The first-order valence-electron chi connectivity index (χ1n) is 10.3. The third-order valence-electron chi connectivity index (χ3n) is 5.87. The zero-order chi connectivity index (χ0) is 19.5. The second-order valence-electron chi connectivity index (χ2n) is 8.11. The van der Waals surface area contributed by atoms with Crippen molar-refractivity contribution < 1.29 is 4.79 Å². The zero-order valence-corrected chi connectivity index (χ0v) is 16.5. The second-order valence-corrected chi connectivity index (χ2v) is 8.11. The lowest BCUT2D eigenvalue weighted by Crippen LogP contribution is -2.45. The van der Waals surface area contributed by atoms with Gasteiger partial charge >= 0.3 is 0 Å². The van der Waals surface area contributed by atoms with Gasteiger partial charge in [0.25, 0.3) is 5.56 Å². The van der Waals surface area contributed by atoms with Crippen molar-refractivity contribution in [3.63, 3.8) is 0 Å². The van der Waals surface area contributed by atoms with E-state index in [0.29, 0.717) is 12.5 Å². The average molecular weight is 383 g/mol. The molecule has 150 valence electrons. The van der Waals surface area contributed by atoms with Gasteiger partial charge in [-0.1, -0.05) is 6.07 Å². The largest absolute Gasteiger partial charge is 0.354 e. The quantitative estimate of drug-likeness (QED) is 0.808. The highest BCUT2D eigenvalue weighted by atomic mass is 16.2. The number of aromatic nitrogens is 2. The SMILES string of the molecule is Cc1cccn2c(=O)cc(CN3CCCC(CNC(=O)C4CCCN4)C3)nc12. The lowest BCUT2D eigenvalue weighted by Gasteiger charge is -2.32. The third kappa shape index (κ3) is 4.25. The number of nitrogens with one attached hydrogen (secondary N) is 2. The summed E-state index contributed by atoms with van der Waals surface area (Å²) in [5.74, 6) is 0.580. The van der Waals surface area contributed by atoms with Gasteiger partial charge in [0, 0.05) is 31.9 Å². The van der Waals surface area contributed by atoms with Crippen LogP contribution in [0.25, 0.3) is 5.65 Å². The number of nitrogens with zero attached hydrogens (tertiary/aromatic N) is 3. The van der Waals surface area contributed by atoms with Crippen LogP contribution >= 0.6 is 0 Å². The lowest BCUT2D eigenvalue weighted by atomic mass is 9.97. The predicted molar refractivity (Wildman–Crippen MR) is 108 cm³/mol. The highest BCUT2D eigenvalue weighted by molar-refractivity contribution is 5.81. The van der Waals surface area contributed by atoms with Crippen LogP contribution in [-0.2, 0) is 11.3 Å². The molecule has 4 heterocycles. The van der Waals surface area contributed by atoms with Crippen LogP contribution in [0.5, 0.6) is 0 Å². The zero-order valence-electron chi connectivity index (χ0n) is 16.5. The number of carbonyl (C=O) groups excluding carboxylic acids is 1. The maximum atomic E-state index is 12.4. The molecule has 1 amide bonds. The minimum Gasteiger partial charge on any atom is -0.354 e. The van der Waals surface area contributed by atoms with Gasteiger partial charge in [-0.15, -0.1) is 0 Å². The van der Waals surface area contributed by atoms with Gasteiger partial charge in [-0.25, -0.2) is 4.98 Å². The Hall–Kier alpha value is -2.25. The smallest absolute Gasteiger partial charge is 0.258 e. The molecule has 7 nitrogen and oxygen atoms in total. The summed E-state index contributed by atoms with van der Waals surface area (Å²) in [4.78, 5) is 31.7. The number of amides is 1. The topological polar surface area (TPSA) is 78.7 Å². The van der Waals surface area contributed by atoms with Gasteiger partial charge in [-0.3, -0.25) is 18.9 Å². The van der Waals surface area contributed by atoms with Crippen LogP contribution < -0.4 is 16.2 Å². The van der Waals surface area contributed by atoms with Crippen molar-refractivity contribution in [3.05, 3.63) is 46.0 Å². The van der Waals surface area contributed by atoms with E-state index in [1.807, 2.05) is 19.1 Å². The summed E-state index contributed by atoms with van der Waals surface area (Å²) in [7, 11) is 0. The highest BCUT2D eigenvalue weighted by Gasteiger charge is 2.25. The molecule has 0 saturated carbocycles. The van der Waals surface area contributed by atoms with Crippen molar-refractivity contribution in [1.29, 1.82) is 0 Å². The van der Waals surface area contributed by atoms with Crippen molar-refractivity contribution in [2.45, 2.75) is 45.2 Å². The average Bonchev–Trinajstić information content (AvgIpc) is 3.22. The maximum Gasteiger partial charge on any atom is 0.258 e. The Morgan fingerprint density at radius 1 is 1.36 bits per heavy atom. The van der Waals surface area contributed by atoms with E-state index in [-0.39, 0.29) is 17.5 Å². The van der Waals surface area contributed by atoms with Gasteiger partial charge in [0.15, 0.2) is 0 Å². The first-order valence-corrected chi connectivity index (χ1v) is 10.3. The summed E-state index contributed by atoms with van der Waals surface area (Å²) < 4.78 is 1.60. The minimum absolute atomic E-state index is 0.0160. The number of piperidine rings is 1. The van der Waals surface area contributed by atoms with Crippen LogP contribution in [0.15, 0.2) is 29.2 Å². The summed E-state index contributed by atoms with van der Waals surface area (Å²) in [5, 5.41) is 6.37. The molecule has 2 aromatic heterocycles. The van der Waals surface area contributed by atoms with Crippen LogP contribution in [0.4, 0.5) is 0 Å². The van der Waals surface area contributed by atoms with Crippen molar-refractivity contribution in [2.75, 3.05) is 26.2 Å². The Kier molecular flexibility index (Phi) is 5.73. The fraction of sp³-hybridized carbons (Fsp3) is 0.571. The molecule has 2 fully saturated rings. The number of aryl methyl sites for hydroxylation is 1. The number of fused-ring (bicyclic) bond motifs is 1. The molecule has 4 rings (SSSR count). The first-order chi connectivity index (χ1) is 13.6. The molecule has 28 heavy (non-hydrogen) atoms. The highest BCUT2D eigenvalue weighted by Crippen LogP contribution is 2.18. The van der Waals surface area contributed by atoms with Crippen molar-refractivity contribution in [1.82, 2.24) is 24.9 Å². The molecule has 0 aromatic carbocycles. The first kappa shape index (κ1) is 19.1. The van der Waals surface area contributed by atoms with Gasteiger partial charge in [0.1, 0.15) is 5.65 Å². The van der Waals surface area contributed by atoms with Crippen LogP contribution in [0.2, 0.25) is 0 Å². The molecule has 2 aliphatic rings. The number of carbonyl (C=O) groups is 1. The van der Waals surface area contributed by atoms with Crippen molar-refractivity contribution in [3.8, 4) is 0 Å². The Bertz CT molecular complexity index is 903. The minimum atomic E-state index is -0.0337. The number of likely N-dealkylation sites (tertiary alicyclic amines) is 1. The maximum absolute atomic E-state index is 12.4. The molecule has 2 N–H and O–H groups in total. The molecule has 2 unspecified atom stereocenters. The molecule has 0 aliphatic carbocycles. The van der Waals surface area contributed by atoms with E-state index in [0.717, 1.165) is 68.8 Å². The number of hydrogen-bond acceptors (Lipinski definition) is 5. The normalized spacial score (nSPS) is 23.2. The fourth-order valence-electron chi connectivity index (χ4n) is 4.36. The van der Waals surface area contributed by atoms with Gasteiger partial charge in [-0.2, -0.15) is 0 Å². The van der Waals surface area contributed by atoms with Crippen LogP contribution in [0, 0.1) is 12.8 Å². The summed E-state index contributed by atoms with van der Waals surface area (Å²) >= 11 is 0. The van der Waals surface area contributed by atoms with Crippen molar-refractivity contribution in [2.24, 2.45) is 5.92 Å². The molecule has 2 aromatic rings. The van der Waals surface area contributed by atoms with E-state index >= 15 is 0 Å². The van der Waals surface area contributed by atoms with Crippen molar-refractivity contribution >= 4 is 11.6 Å². The van der Waals surface area contributed by atoms with Gasteiger partial charge in [0.05, 0.1) is 11.7 Å². The standard InChI is InChI=1S/C21H29N5O2/c1-15-5-3-10-26-19(27)11-17(24-20(15)26)14-25-9-4-6-16(13-25)12-23-21(28)18-7-2-8-22-18/h3,5,10-11,16,18,22H,2,4,6-9,12-14H2,1H3,(H,23,28). The van der Waals surface area contributed by atoms with E-state index in [4.69, 9.17) is 4.98 Å². The molecule has 2 atom stereocenters. The van der Waals surface area contributed by atoms with E-state index in [2.05, 4.69) is 15.5 Å². The lowest BCUT2D eigenvalue weighted by molar-refractivity contribution is -0.123. The van der Waals surface area contributed by atoms with Crippen LogP contribution in [-0.4, -0.2) is 52.4 Å². The van der Waals surface area contributed by atoms with Gasteiger partial charge in [0.2, 0.25) is 5.91 Å². The molecular weight excluding hydrogens is 354 g/mol. The van der Waals surface area contributed by atoms with Crippen LogP contribution in [0.3, 0.4) is 0 Å². The van der Waals surface area contributed by atoms with E-state index in [1.165, 1.54) is 0 Å². The summed E-state index contributed by atoms with van der Waals surface area (Å²) in [6.45, 7) is 6.24. The molecule has 7 heteroatoms. The Morgan fingerprint density at radius 3 is 3.07 bits per heavy atom. The third-order valence-corrected chi connectivity index (χ3v) is 5.87. The Balaban J connectivity index is 1.37. The summed E-state index contributed by atoms with van der Waals surface area (Å²) in [6.07, 6.45) is 6.01. The van der Waals surface area contributed by atoms with E-state index in [9.17, 15) is 9.59 Å². The number of rotatable bonds is 5. The predicted octanol–water partition coefficient (Wildman–Crippen LogP) is 1.08. The molecule has 0 spiro atoms. The summed E-state index contributed by atoms with van der Waals surface area (Å²) in [6, 6.07) is 5.47. The molecule has 2 aliphatic heterocycles. The summed E-state index contributed by atoms with van der Waals surface area (Å²) in [5.41, 5.74) is 2.52. The fourth-order valence-corrected chi connectivity index (χ4v) is 4.36. The Morgan fingerprint density at radius 2 is 2.25 bits per heavy atom. The molecule has 0 bridgehead atoms. The number of hydrogen-bond donors (Lipinski definition) is 2. The second kappa shape index (κ2) is 8.41. The Labute approximate surface area is 165 Å². The molecule has 0 radical (unpaired) electrons. The molecular formula is C21H29N5O2. The van der Waals surface area contributed by atoms with Gasteiger partial charge in [-0.05, 0) is 63.2 Å². The van der Waals surface area contributed by atoms with Crippen LogP contribution in [0.1, 0.15) is 36.9 Å². The molecule has 2 saturated heterocycles. The number of pyridine rings is 1. The van der Waals surface area contributed by atoms with E-state index < -0.39 is 0 Å². The van der Waals surface area contributed by atoms with E-state index in [1.54, 1.807) is 16.7 Å².